The first-order chi connectivity index (χ1) is 9.62. The molecular weight excluding hydrogens is 343 g/mol. The first-order valence-corrected chi connectivity index (χ1v) is 8.02. The Hall–Kier alpha value is 0.284. The quantitative estimate of drug-likeness (QED) is 0.590. The predicted molar refractivity (Wildman–Crippen MR) is 98.5 cm³/mol. The first-order valence-electron chi connectivity index (χ1n) is 8.02. The van der Waals surface area contributed by atoms with Gasteiger partial charge < -0.3 is 18.7 Å². The maximum absolute atomic E-state index is 3.81. The summed E-state index contributed by atoms with van der Waals surface area (Å²) in [6.45, 7) is 26.5. The number of hydrogen-bond donors (Lipinski definition) is 0. The van der Waals surface area contributed by atoms with Crippen molar-refractivity contribution in [3.8, 4) is 0 Å². The van der Waals surface area contributed by atoms with Gasteiger partial charge in [0, 0.05) is 38.2 Å². The molecule has 127 valence electrons. The van der Waals surface area contributed by atoms with Crippen LogP contribution in [0.25, 0.3) is 0 Å². The molecule has 1 rings (SSSR count). The van der Waals surface area contributed by atoms with Crippen LogP contribution in [0.3, 0.4) is 0 Å². The number of rotatable bonds is 2. The van der Waals surface area contributed by atoms with Crippen LogP contribution in [0.5, 0.6) is 0 Å². The number of nitrogens with zero attached hydrogens (tertiary/aromatic N) is 1. The molecule has 0 atom stereocenters. The van der Waals surface area contributed by atoms with E-state index in [1.54, 1.807) is 0 Å². The second-order valence-electron chi connectivity index (χ2n) is 6.77. The first kappa shape index (κ1) is 27.1. The van der Waals surface area contributed by atoms with Crippen LogP contribution >= 0.6 is 0 Å². The summed E-state index contributed by atoms with van der Waals surface area (Å²) in [6.07, 6.45) is 0. The molecule has 0 N–H and O–H groups in total. The van der Waals surface area contributed by atoms with Gasteiger partial charge >= 0.3 is 0 Å². The normalized spacial score (nSPS) is 10.7. The van der Waals surface area contributed by atoms with Gasteiger partial charge in [-0.05, 0) is 31.7 Å². The Bertz CT molecular complexity index is 329. The zero-order valence-corrected chi connectivity index (χ0v) is 19.1. The SMILES string of the molecule is CC.CC(C)(C)c1ccccc1.[CH2-]CN(C[CH2-])C(C)(C)C.[Y]. The van der Waals surface area contributed by atoms with Gasteiger partial charge in [0.2, 0.25) is 0 Å². The fourth-order valence-electron chi connectivity index (χ4n) is 1.72. The summed E-state index contributed by atoms with van der Waals surface area (Å²) in [4.78, 5) is 2.22. The van der Waals surface area contributed by atoms with E-state index in [0.717, 1.165) is 13.1 Å². The molecule has 1 aromatic carbocycles. The number of hydrogen-bond acceptors (Lipinski definition) is 1. The van der Waals surface area contributed by atoms with Crippen LogP contribution in [0.4, 0.5) is 0 Å². The molecule has 0 saturated heterocycles. The molecule has 0 fully saturated rings. The van der Waals surface area contributed by atoms with Gasteiger partial charge in [-0.15, -0.1) is 13.1 Å². The molecule has 0 aliphatic heterocycles. The third-order valence-corrected chi connectivity index (χ3v) is 3.13. The Kier molecular flexibility index (Phi) is 16.9. The minimum atomic E-state index is 0. The Morgan fingerprint density at radius 3 is 1.32 bits per heavy atom. The minimum absolute atomic E-state index is 0. The van der Waals surface area contributed by atoms with E-state index in [-0.39, 0.29) is 38.2 Å². The van der Waals surface area contributed by atoms with Crippen molar-refractivity contribution in [2.24, 2.45) is 0 Å². The van der Waals surface area contributed by atoms with Gasteiger partial charge in [0.15, 0.2) is 0 Å². The van der Waals surface area contributed by atoms with Crippen LogP contribution < -0.4 is 0 Å². The van der Waals surface area contributed by atoms with E-state index in [1.807, 2.05) is 13.8 Å². The van der Waals surface area contributed by atoms with E-state index in [0.29, 0.717) is 5.41 Å². The van der Waals surface area contributed by atoms with Gasteiger partial charge in [-0.1, -0.05) is 65.0 Å². The van der Waals surface area contributed by atoms with Crippen LogP contribution in [-0.4, -0.2) is 23.5 Å². The molecule has 1 aromatic rings. The molecule has 0 heterocycles. The van der Waals surface area contributed by atoms with Gasteiger partial charge in [0.1, 0.15) is 0 Å². The van der Waals surface area contributed by atoms with Gasteiger partial charge in [0.25, 0.3) is 0 Å². The van der Waals surface area contributed by atoms with Crippen molar-refractivity contribution in [1.29, 1.82) is 0 Å². The fraction of sp³-hybridized carbons (Fsp3) is 0.600. The molecule has 0 spiro atoms. The number of benzene rings is 1. The molecule has 0 bridgehead atoms. The molecule has 1 nitrogen and oxygen atoms in total. The van der Waals surface area contributed by atoms with Crippen LogP contribution in [0.1, 0.15) is 61.0 Å². The summed E-state index contributed by atoms with van der Waals surface area (Å²) >= 11 is 0. The van der Waals surface area contributed by atoms with Gasteiger partial charge in [-0.25, -0.2) is 0 Å². The van der Waals surface area contributed by atoms with E-state index in [9.17, 15) is 0 Å². The van der Waals surface area contributed by atoms with Gasteiger partial charge in [-0.2, -0.15) is 0 Å². The Balaban J connectivity index is -0.000000285. The van der Waals surface area contributed by atoms with Crippen molar-refractivity contribution < 1.29 is 32.7 Å². The third-order valence-electron chi connectivity index (χ3n) is 3.13. The van der Waals surface area contributed by atoms with Crippen LogP contribution in [0.2, 0.25) is 0 Å². The maximum atomic E-state index is 3.81. The standard InChI is InChI=1S/C10H14.C8H17N.C2H6.Y/c1-10(2,3)9-7-5-4-6-8-9;1-6-9(7-2)8(3,4)5;1-2;/h4-8H,1-3H3;1-2,6-7H2,3-5H3;1-2H3;/q;-2;;. The van der Waals surface area contributed by atoms with Crippen molar-refractivity contribution in [2.45, 2.75) is 66.3 Å². The molecule has 0 amide bonds. The van der Waals surface area contributed by atoms with E-state index < -0.39 is 0 Å². The summed E-state index contributed by atoms with van der Waals surface area (Å²) in [5, 5.41) is 0. The van der Waals surface area contributed by atoms with Crippen molar-refractivity contribution in [3.05, 3.63) is 49.7 Å². The zero-order valence-electron chi connectivity index (χ0n) is 16.2. The van der Waals surface area contributed by atoms with E-state index in [1.165, 1.54) is 5.56 Å². The van der Waals surface area contributed by atoms with E-state index in [2.05, 4.69) is 90.6 Å². The summed E-state index contributed by atoms with van der Waals surface area (Å²) in [7, 11) is 0. The molecule has 2 heteroatoms. The van der Waals surface area contributed by atoms with Crippen LogP contribution in [0, 0.1) is 13.8 Å². The average Bonchev–Trinajstić information content (AvgIpc) is 2.41. The van der Waals surface area contributed by atoms with Crippen molar-refractivity contribution >= 4 is 0 Å². The third kappa shape index (κ3) is 12.8. The topological polar surface area (TPSA) is 3.24 Å². The largest absolute Gasteiger partial charge is 0.358 e. The Morgan fingerprint density at radius 1 is 0.818 bits per heavy atom. The molecular formula is C20H37NY-2. The minimum Gasteiger partial charge on any atom is -0.358 e. The molecule has 1 radical (unpaired) electrons. The van der Waals surface area contributed by atoms with Crippen LogP contribution in [-0.2, 0) is 38.1 Å². The van der Waals surface area contributed by atoms with Crippen molar-refractivity contribution in [1.82, 2.24) is 4.90 Å². The van der Waals surface area contributed by atoms with Gasteiger partial charge in [0.05, 0.1) is 0 Å². The maximum Gasteiger partial charge on any atom is 0.00714 e. The predicted octanol–water partition coefficient (Wildman–Crippen LogP) is 5.76. The molecule has 0 aliphatic carbocycles. The van der Waals surface area contributed by atoms with Crippen LogP contribution in [0.15, 0.2) is 30.3 Å². The van der Waals surface area contributed by atoms with Crippen molar-refractivity contribution in [2.75, 3.05) is 13.1 Å². The average molecular weight is 380 g/mol. The second kappa shape index (κ2) is 13.7. The fourth-order valence-corrected chi connectivity index (χ4v) is 1.72. The Labute approximate surface area is 166 Å². The molecule has 0 saturated carbocycles. The van der Waals surface area contributed by atoms with Crippen molar-refractivity contribution in [3.63, 3.8) is 0 Å². The molecule has 22 heavy (non-hydrogen) atoms. The van der Waals surface area contributed by atoms with Gasteiger partial charge in [-0.3, -0.25) is 0 Å². The molecule has 0 aromatic heterocycles. The Morgan fingerprint density at radius 2 is 1.18 bits per heavy atom. The molecule has 0 aliphatic rings. The van der Waals surface area contributed by atoms with E-state index >= 15 is 0 Å². The smallest absolute Gasteiger partial charge is 0.00714 e. The second-order valence-corrected chi connectivity index (χ2v) is 6.77. The summed E-state index contributed by atoms with van der Waals surface area (Å²) in [5.41, 5.74) is 1.92. The van der Waals surface area contributed by atoms with E-state index in [4.69, 9.17) is 0 Å². The summed E-state index contributed by atoms with van der Waals surface area (Å²) in [5.74, 6) is 0. The summed E-state index contributed by atoms with van der Waals surface area (Å²) < 4.78 is 0. The summed E-state index contributed by atoms with van der Waals surface area (Å²) in [6, 6.07) is 10.6. The molecule has 0 unspecified atom stereocenters. The monoisotopic (exact) mass is 380 g/mol. The zero-order chi connectivity index (χ0) is 17.1.